The van der Waals surface area contributed by atoms with Gasteiger partial charge in [0, 0.05) is 13.2 Å². The van der Waals surface area contributed by atoms with Crippen molar-refractivity contribution in [2.24, 2.45) is 5.92 Å². The zero-order valence-corrected chi connectivity index (χ0v) is 25.4. The van der Waals surface area contributed by atoms with Crippen LogP contribution in [0.2, 0.25) is 0 Å². The van der Waals surface area contributed by atoms with Crippen LogP contribution in [0, 0.1) is 5.92 Å². The molecular formula is C29H52N5O5P. The molecule has 1 aliphatic carbocycles. The number of nitrogen functional groups attached to an aromatic ring is 1. The summed E-state index contributed by atoms with van der Waals surface area (Å²) < 4.78 is 30.5. The van der Waals surface area contributed by atoms with E-state index in [2.05, 4.69) is 15.0 Å². The average molecular weight is 582 g/mol. The summed E-state index contributed by atoms with van der Waals surface area (Å²) in [7, 11) is -3.83. The van der Waals surface area contributed by atoms with Crippen LogP contribution >= 0.6 is 7.60 Å². The summed E-state index contributed by atoms with van der Waals surface area (Å²) >= 11 is 0. The lowest BCUT2D eigenvalue weighted by atomic mass is 9.81. The van der Waals surface area contributed by atoms with Crippen molar-refractivity contribution in [2.75, 3.05) is 31.9 Å². The number of nitrogens with zero attached hydrogens (tertiary/aromatic N) is 4. The Bertz CT molecular complexity index is 1000. The van der Waals surface area contributed by atoms with Gasteiger partial charge < -0.3 is 29.2 Å². The van der Waals surface area contributed by atoms with E-state index in [9.17, 15) is 9.46 Å². The van der Waals surface area contributed by atoms with E-state index in [1.807, 2.05) is 6.92 Å². The molecule has 0 radical (unpaired) electrons. The Kier molecular flexibility index (Phi) is 15.5. The maximum Gasteiger partial charge on any atom is 0.353 e. The smallest absolute Gasteiger partial charge is 0.353 e. The van der Waals surface area contributed by atoms with Gasteiger partial charge in [0.1, 0.15) is 18.2 Å². The summed E-state index contributed by atoms with van der Waals surface area (Å²) in [5, 5.41) is 0. The summed E-state index contributed by atoms with van der Waals surface area (Å²) in [6.45, 7) is 3.63. The van der Waals surface area contributed by atoms with Gasteiger partial charge in [-0.1, -0.05) is 89.9 Å². The number of anilines is 1. The Labute approximate surface area is 240 Å². The number of hydrogen-bond acceptors (Lipinski definition) is 8. The standard InChI is InChI=1S/C29H52N5O5P/c1-25(21-34-23-33-27-28(30)31-22-32-29(27)34)38-24-40(35,36)39-20-14-19-37-18-12-10-8-6-4-2-3-5-7-9-11-15-26-16-13-17-26/h22-23,25-26H,2-21,24H2,1H3,(H,35,36)(H2,30,31,32)/t25-/m1/s1. The van der Waals surface area contributed by atoms with E-state index in [4.69, 9.17) is 19.7 Å². The number of rotatable bonds is 24. The molecule has 2 heterocycles. The summed E-state index contributed by atoms with van der Waals surface area (Å²) in [4.78, 5) is 22.4. The van der Waals surface area contributed by atoms with Crippen molar-refractivity contribution in [1.82, 2.24) is 19.5 Å². The Hall–Kier alpha value is -1.58. The maximum absolute atomic E-state index is 12.3. The van der Waals surface area contributed by atoms with Crippen LogP contribution in [0.1, 0.15) is 110 Å². The third-order valence-corrected chi connectivity index (χ3v) is 8.82. The SMILES string of the molecule is C[C@H](Cn1cnc2c(N)ncnc21)OCP(=O)(O)OCCCOCCCCCCCCCCCCCC1CCC1. The monoisotopic (exact) mass is 581 g/mol. The molecule has 11 heteroatoms. The largest absolute Gasteiger partial charge is 0.382 e. The zero-order chi connectivity index (χ0) is 28.5. The van der Waals surface area contributed by atoms with Crippen LogP contribution in [0.25, 0.3) is 11.2 Å². The molecule has 40 heavy (non-hydrogen) atoms. The molecule has 2 aromatic rings. The first-order valence-corrected chi connectivity index (χ1v) is 17.3. The second-order valence-electron chi connectivity index (χ2n) is 11.3. The lowest BCUT2D eigenvalue weighted by Gasteiger charge is -2.24. The third kappa shape index (κ3) is 12.9. The molecule has 1 fully saturated rings. The highest BCUT2D eigenvalue weighted by molar-refractivity contribution is 7.52. The van der Waals surface area contributed by atoms with Gasteiger partial charge in [0.15, 0.2) is 11.5 Å². The minimum atomic E-state index is -3.83. The van der Waals surface area contributed by atoms with Gasteiger partial charge >= 0.3 is 7.60 Å². The molecule has 2 aromatic heterocycles. The van der Waals surface area contributed by atoms with Gasteiger partial charge in [0.25, 0.3) is 0 Å². The fourth-order valence-corrected chi connectivity index (χ4v) is 6.03. The second kappa shape index (κ2) is 18.8. The van der Waals surface area contributed by atoms with Gasteiger partial charge in [0.2, 0.25) is 0 Å². The molecule has 10 nitrogen and oxygen atoms in total. The summed E-state index contributed by atoms with van der Waals surface area (Å²) in [5.41, 5.74) is 6.92. The zero-order valence-electron chi connectivity index (χ0n) is 24.6. The quantitative estimate of drug-likeness (QED) is 0.101. The predicted octanol–water partition coefficient (Wildman–Crippen LogP) is 6.86. The summed E-state index contributed by atoms with van der Waals surface area (Å²) in [6, 6.07) is 0. The Morgan fingerprint density at radius 1 is 0.950 bits per heavy atom. The van der Waals surface area contributed by atoms with Crippen LogP contribution in [0.3, 0.4) is 0 Å². The highest BCUT2D eigenvalue weighted by Gasteiger charge is 2.22. The molecule has 1 unspecified atom stereocenters. The number of aromatic nitrogens is 4. The Morgan fingerprint density at radius 2 is 1.60 bits per heavy atom. The van der Waals surface area contributed by atoms with Crippen molar-refractivity contribution in [3.63, 3.8) is 0 Å². The van der Waals surface area contributed by atoms with E-state index >= 15 is 0 Å². The van der Waals surface area contributed by atoms with Crippen LogP contribution < -0.4 is 5.73 Å². The molecule has 3 N–H and O–H groups in total. The van der Waals surface area contributed by atoms with Crippen LogP contribution in [0.15, 0.2) is 12.7 Å². The van der Waals surface area contributed by atoms with Gasteiger partial charge in [0.05, 0.1) is 25.6 Å². The summed E-state index contributed by atoms with van der Waals surface area (Å²) in [6.07, 6.45) is 23.5. The number of nitrogens with two attached hydrogens (primary N) is 1. The molecule has 0 saturated heterocycles. The fourth-order valence-electron chi connectivity index (χ4n) is 5.10. The predicted molar refractivity (Wildman–Crippen MR) is 159 cm³/mol. The first kappa shape index (κ1) is 32.9. The molecule has 0 bridgehead atoms. The highest BCUT2D eigenvalue weighted by Crippen LogP contribution is 2.42. The molecule has 0 amide bonds. The number of fused-ring (bicyclic) bond motifs is 1. The van der Waals surface area contributed by atoms with E-state index < -0.39 is 7.60 Å². The number of ether oxygens (including phenoxy) is 2. The van der Waals surface area contributed by atoms with Crippen molar-refractivity contribution >= 4 is 24.6 Å². The van der Waals surface area contributed by atoms with Crippen molar-refractivity contribution in [2.45, 2.75) is 122 Å². The van der Waals surface area contributed by atoms with Gasteiger partial charge in [-0.15, -0.1) is 0 Å². The fraction of sp³-hybridized carbons (Fsp3) is 0.828. The molecule has 0 aromatic carbocycles. The molecular weight excluding hydrogens is 529 g/mol. The highest BCUT2D eigenvalue weighted by atomic mass is 31.2. The van der Waals surface area contributed by atoms with E-state index in [0.29, 0.717) is 36.6 Å². The maximum atomic E-state index is 12.3. The van der Waals surface area contributed by atoms with Crippen LogP contribution in [0.5, 0.6) is 0 Å². The lowest BCUT2D eigenvalue weighted by Crippen LogP contribution is -2.17. The van der Waals surface area contributed by atoms with E-state index in [-0.39, 0.29) is 19.1 Å². The van der Waals surface area contributed by atoms with E-state index in [0.717, 1.165) is 18.9 Å². The van der Waals surface area contributed by atoms with Crippen molar-refractivity contribution < 1.29 is 23.5 Å². The Morgan fingerprint density at radius 3 is 2.27 bits per heavy atom. The van der Waals surface area contributed by atoms with Crippen LogP contribution in [0.4, 0.5) is 5.82 Å². The number of unbranched alkanes of at least 4 members (excludes halogenated alkanes) is 10. The molecule has 0 spiro atoms. The van der Waals surface area contributed by atoms with E-state index in [1.165, 1.54) is 96.2 Å². The first-order valence-electron chi connectivity index (χ1n) is 15.5. The van der Waals surface area contributed by atoms with Gasteiger partial charge in [-0.25, -0.2) is 15.0 Å². The first-order chi connectivity index (χ1) is 19.4. The van der Waals surface area contributed by atoms with Crippen molar-refractivity contribution in [3.8, 4) is 0 Å². The van der Waals surface area contributed by atoms with Crippen LogP contribution in [-0.4, -0.2) is 56.7 Å². The third-order valence-electron chi connectivity index (χ3n) is 7.76. The van der Waals surface area contributed by atoms with Gasteiger partial charge in [-0.3, -0.25) is 4.57 Å². The van der Waals surface area contributed by atoms with Crippen LogP contribution in [-0.2, 0) is 25.1 Å². The average Bonchev–Trinajstić information content (AvgIpc) is 3.31. The number of imidazole rings is 1. The lowest BCUT2D eigenvalue weighted by molar-refractivity contribution is 0.0688. The minimum absolute atomic E-state index is 0.161. The van der Waals surface area contributed by atoms with Crippen molar-refractivity contribution in [1.29, 1.82) is 0 Å². The molecule has 0 aliphatic heterocycles. The molecule has 2 atom stereocenters. The Balaban J connectivity index is 1.07. The van der Waals surface area contributed by atoms with Gasteiger partial charge in [-0.2, -0.15) is 0 Å². The normalized spacial score (nSPS) is 16.2. The van der Waals surface area contributed by atoms with E-state index in [1.54, 1.807) is 10.9 Å². The molecule has 3 rings (SSSR count). The molecule has 228 valence electrons. The molecule has 1 aliphatic rings. The molecule has 1 saturated carbocycles. The second-order valence-corrected chi connectivity index (χ2v) is 13.1. The summed E-state index contributed by atoms with van der Waals surface area (Å²) in [5.74, 6) is 1.39. The van der Waals surface area contributed by atoms with Gasteiger partial charge in [-0.05, 0) is 25.7 Å². The minimum Gasteiger partial charge on any atom is -0.382 e. The number of hydrogen-bond donors (Lipinski definition) is 2. The topological polar surface area (TPSA) is 135 Å². The van der Waals surface area contributed by atoms with Crippen molar-refractivity contribution in [3.05, 3.63) is 12.7 Å².